The third-order valence-corrected chi connectivity index (χ3v) is 6.06. The van der Waals surface area contributed by atoms with Gasteiger partial charge in [0.25, 0.3) is 11.8 Å². The molecule has 1 N–H and O–H groups in total. The number of nitrogens with one attached hydrogen (secondary N) is 1. The molecule has 2 heterocycles. The molecule has 5 nitrogen and oxygen atoms in total. The van der Waals surface area contributed by atoms with Gasteiger partial charge in [-0.3, -0.25) is 9.59 Å². The van der Waals surface area contributed by atoms with E-state index in [-0.39, 0.29) is 11.6 Å². The number of ether oxygens (including phenoxy) is 1. The summed E-state index contributed by atoms with van der Waals surface area (Å²) in [4.78, 5) is 28.8. The van der Waals surface area contributed by atoms with Crippen molar-refractivity contribution >= 4 is 51.7 Å². The maximum absolute atomic E-state index is 13.4. The normalized spacial score (nSPS) is 13.9. The van der Waals surface area contributed by atoms with Crippen LogP contribution < -0.4 is 15.0 Å². The van der Waals surface area contributed by atoms with E-state index in [1.165, 1.54) is 23.3 Å². The molecule has 30 heavy (non-hydrogen) atoms. The number of benzene rings is 2. The maximum atomic E-state index is 13.4. The molecule has 1 aliphatic rings. The van der Waals surface area contributed by atoms with Crippen LogP contribution >= 0.6 is 22.9 Å². The molecule has 0 aliphatic carbocycles. The minimum absolute atomic E-state index is 0.226. The van der Waals surface area contributed by atoms with Crippen molar-refractivity contribution in [2.75, 3.05) is 17.3 Å². The SMILES string of the molecule is COc1ccc(NC2=C(c3cccs3)C(=O)N(c3cc(C)ccc3C)C2=O)cc1Cl. The van der Waals surface area contributed by atoms with E-state index in [0.29, 0.717) is 27.7 Å². The second-order valence-corrected chi connectivity index (χ2v) is 8.29. The minimum atomic E-state index is -0.399. The van der Waals surface area contributed by atoms with Crippen LogP contribution in [-0.4, -0.2) is 18.9 Å². The lowest BCUT2D eigenvalue weighted by atomic mass is 10.1. The number of halogens is 1. The lowest BCUT2D eigenvalue weighted by Crippen LogP contribution is -2.33. The molecular formula is C23H19ClN2O3S. The van der Waals surface area contributed by atoms with Gasteiger partial charge in [-0.1, -0.05) is 29.8 Å². The Balaban J connectivity index is 1.81. The molecule has 0 saturated heterocycles. The van der Waals surface area contributed by atoms with Gasteiger partial charge in [0.15, 0.2) is 0 Å². The number of hydrogen-bond donors (Lipinski definition) is 1. The highest BCUT2D eigenvalue weighted by molar-refractivity contribution is 7.11. The van der Waals surface area contributed by atoms with Crippen LogP contribution in [0.15, 0.2) is 59.6 Å². The molecule has 0 saturated carbocycles. The van der Waals surface area contributed by atoms with Gasteiger partial charge in [0, 0.05) is 10.6 Å². The van der Waals surface area contributed by atoms with Crippen LogP contribution in [0.5, 0.6) is 5.75 Å². The summed E-state index contributed by atoms with van der Waals surface area (Å²) in [6.07, 6.45) is 0. The Morgan fingerprint density at radius 1 is 1.03 bits per heavy atom. The van der Waals surface area contributed by atoms with Crippen LogP contribution in [0.4, 0.5) is 11.4 Å². The van der Waals surface area contributed by atoms with Gasteiger partial charge in [-0.25, -0.2) is 4.90 Å². The molecule has 0 radical (unpaired) electrons. The molecule has 2 amide bonds. The Bertz CT molecular complexity index is 1190. The largest absolute Gasteiger partial charge is 0.495 e. The number of rotatable bonds is 5. The number of aryl methyl sites for hydroxylation is 2. The van der Waals surface area contributed by atoms with Crippen LogP contribution in [0.3, 0.4) is 0 Å². The van der Waals surface area contributed by atoms with Crippen LogP contribution in [-0.2, 0) is 9.59 Å². The number of nitrogens with zero attached hydrogens (tertiary/aromatic N) is 1. The second-order valence-electron chi connectivity index (χ2n) is 6.94. The first-order valence-electron chi connectivity index (χ1n) is 9.25. The van der Waals surface area contributed by atoms with Crippen LogP contribution in [0, 0.1) is 13.8 Å². The average molecular weight is 439 g/mol. The Morgan fingerprint density at radius 2 is 1.83 bits per heavy atom. The first-order valence-corrected chi connectivity index (χ1v) is 10.5. The third-order valence-electron chi connectivity index (χ3n) is 4.88. The van der Waals surface area contributed by atoms with E-state index in [1.54, 1.807) is 18.2 Å². The van der Waals surface area contributed by atoms with Gasteiger partial charge in [0.05, 0.1) is 23.4 Å². The highest BCUT2D eigenvalue weighted by Gasteiger charge is 2.41. The van der Waals surface area contributed by atoms with E-state index in [4.69, 9.17) is 16.3 Å². The van der Waals surface area contributed by atoms with Crippen LogP contribution in [0.1, 0.15) is 16.0 Å². The fourth-order valence-electron chi connectivity index (χ4n) is 3.36. The van der Waals surface area contributed by atoms with Crippen molar-refractivity contribution < 1.29 is 14.3 Å². The van der Waals surface area contributed by atoms with Crippen molar-refractivity contribution in [1.29, 1.82) is 0 Å². The summed E-state index contributed by atoms with van der Waals surface area (Å²) in [6, 6.07) is 14.5. The van der Waals surface area contributed by atoms with Crippen LogP contribution in [0.2, 0.25) is 5.02 Å². The molecular weight excluding hydrogens is 420 g/mol. The minimum Gasteiger partial charge on any atom is -0.495 e. The van der Waals surface area contributed by atoms with E-state index in [9.17, 15) is 9.59 Å². The summed E-state index contributed by atoms with van der Waals surface area (Å²) in [7, 11) is 1.53. The first kappa shape index (κ1) is 20.2. The van der Waals surface area contributed by atoms with E-state index in [2.05, 4.69) is 5.32 Å². The molecule has 7 heteroatoms. The molecule has 0 atom stereocenters. The van der Waals surface area contributed by atoms with E-state index < -0.39 is 5.91 Å². The zero-order valence-corrected chi connectivity index (χ0v) is 18.2. The number of thiophene rings is 1. The predicted octanol–water partition coefficient (Wildman–Crippen LogP) is 5.42. The van der Waals surface area contributed by atoms with Gasteiger partial charge in [0.2, 0.25) is 0 Å². The molecule has 1 aliphatic heterocycles. The third kappa shape index (κ3) is 3.49. The van der Waals surface area contributed by atoms with Gasteiger partial charge < -0.3 is 10.1 Å². The molecule has 2 aromatic carbocycles. The van der Waals surface area contributed by atoms with Crippen molar-refractivity contribution in [1.82, 2.24) is 0 Å². The highest BCUT2D eigenvalue weighted by atomic mass is 35.5. The molecule has 1 aromatic heterocycles. The van der Waals surface area contributed by atoms with Crippen LogP contribution in [0.25, 0.3) is 5.57 Å². The number of carbonyl (C=O) groups is 2. The molecule has 0 unspecified atom stereocenters. The van der Waals surface area contributed by atoms with Gasteiger partial charge >= 0.3 is 0 Å². The number of amides is 2. The fourth-order valence-corrected chi connectivity index (χ4v) is 4.39. The molecule has 4 rings (SSSR count). The number of imide groups is 1. The van der Waals surface area contributed by atoms with E-state index in [0.717, 1.165) is 16.0 Å². The predicted molar refractivity (Wildman–Crippen MR) is 121 cm³/mol. The van der Waals surface area contributed by atoms with Crippen molar-refractivity contribution in [3.8, 4) is 5.75 Å². The number of methoxy groups -OCH3 is 1. The topological polar surface area (TPSA) is 58.6 Å². The summed E-state index contributed by atoms with van der Waals surface area (Å²) in [5.74, 6) is -0.220. The summed E-state index contributed by atoms with van der Waals surface area (Å²) < 4.78 is 5.19. The highest BCUT2D eigenvalue weighted by Crippen LogP contribution is 2.37. The Hall–Kier alpha value is -3.09. The van der Waals surface area contributed by atoms with E-state index in [1.807, 2.05) is 49.6 Å². The lowest BCUT2D eigenvalue weighted by Gasteiger charge is -2.18. The standard InChI is InChI=1S/C23H19ClN2O3S/c1-13-6-7-14(2)17(11-13)26-22(27)20(19-5-4-10-30-19)21(23(26)28)25-15-8-9-18(29-3)16(24)12-15/h4-12,25H,1-3H3. The zero-order chi connectivity index (χ0) is 21.4. The van der Waals surface area contributed by atoms with Gasteiger partial charge in [-0.2, -0.15) is 0 Å². The smallest absolute Gasteiger partial charge is 0.282 e. The lowest BCUT2D eigenvalue weighted by molar-refractivity contribution is -0.120. The Labute approximate surface area is 183 Å². The molecule has 3 aromatic rings. The average Bonchev–Trinajstić information content (AvgIpc) is 3.31. The second kappa shape index (κ2) is 7.97. The summed E-state index contributed by atoms with van der Waals surface area (Å²) in [5, 5.41) is 5.40. The fraction of sp³-hybridized carbons (Fsp3) is 0.130. The van der Waals surface area contributed by atoms with Crippen molar-refractivity contribution in [2.24, 2.45) is 0 Å². The van der Waals surface area contributed by atoms with Crippen molar-refractivity contribution in [2.45, 2.75) is 13.8 Å². The quantitative estimate of drug-likeness (QED) is 0.540. The zero-order valence-electron chi connectivity index (χ0n) is 16.7. The number of carbonyl (C=O) groups excluding carboxylic acids is 2. The van der Waals surface area contributed by atoms with E-state index >= 15 is 0 Å². The molecule has 152 valence electrons. The number of anilines is 2. The first-order chi connectivity index (χ1) is 14.4. The van der Waals surface area contributed by atoms with Gasteiger partial charge in [0.1, 0.15) is 11.4 Å². The maximum Gasteiger partial charge on any atom is 0.282 e. The van der Waals surface area contributed by atoms with Gasteiger partial charge in [-0.05, 0) is 60.7 Å². The summed E-state index contributed by atoms with van der Waals surface area (Å²) in [6.45, 7) is 3.81. The number of hydrogen-bond acceptors (Lipinski definition) is 5. The van der Waals surface area contributed by atoms with Crippen molar-refractivity contribution in [3.63, 3.8) is 0 Å². The summed E-state index contributed by atoms with van der Waals surface area (Å²) >= 11 is 7.65. The molecule has 0 bridgehead atoms. The molecule has 0 fully saturated rings. The van der Waals surface area contributed by atoms with Crippen molar-refractivity contribution in [3.05, 3.63) is 80.6 Å². The summed E-state index contributed by atoms with van der Waals surface area (Å²) in [5.41, 5.74) is 3.57. The molecule has 0 spiro atoms. The Morgan fingerprint density at radius 3 is 2.50 bits per heavy atom. The van der Waals surface area contributed by atoms with Gasteiger partial charge in [-0.15, -0.1) is 11.3 Å². The Kier molecular flexibility index (Phi) is 5.37. The monoisotopic (exact) mass is 438 g/mol.